The lowest BCUT2D eigenvalue weighted by Crippen LogP contribution is -1.97. The molecule has 0 aromatic carbocycles. The third-order valence-electron chi connectivity index (χ3n) is 9.06. The van der Waals surface area contributed by atoms with E-state index in [0.717, 1.165) is 79.7 Å². The molecule has 0 saturated carbocycles. The number of nitrogens with one attached hydrogen (secondary N) is 2. The molecule has 0 radical (unpaired) electrons. The number of aryl methyl sites for hydroxylation is 5. The fourth-order valence-corrected chi connectivity index (χ4v) is 6.57. The molecule has 3 aromatic rings. The second kappa shape index (κ2) is 11.7. The van der Waals surface area contributed by atoms with E-state index < -0.39 is 11.9 Å². The SMILES string of the molecule is CCc1c(C)c2cc3nc(cc4nc(c(C)c5[nH]c(cc1[nH]2)c(C)c5CC)C(C)=C4CCC(=O)O)C(CCC(=O)O)=C3C. The van der Waals surface area contributed by atoms with Gasteiger partial charge in [0.15, 0.2) is 0 Å². The van der Waals surface area contributed by atoms with Crippen molar-refractivity contribution in [3.8, 4) is 0 Å². The molecule has 0 saturated heterocycles. The summed E-state index contributed by atoms with van der Waals surface area (Å²) in [6.07, 6.45) is 2.36. The van der Waals surface area contributed by atoms with Gasteiger partial charge in [0.05, 0.1) is 22.8 Å². The van der Waals surface area contributed by atoms with Crippen molar-refractivity contribution in [2.24, 2.45) is 0 Å². The van der Waals surface area contributed by atoms with E-state index in [1.165, 1.54) is 16.7 Å². The van der Waals surface area contributed by atoms with Crippen LogP contribution in [-0.4, -0.2) is 42.1 Å². The van der Waals surface area contributed by atoms with Gasteiger partial charge in [0.1, 0.15) is 0 Å². The highest BCUT2D eigenvalue weighted by Gasteiger charge is 2.24. The van der Waals surface area contributed by atoms with Gasteiger partial charge in [-0.15, -0.1) is 0 Å². The Bertz CT molecular complexity index is 1900. The number of fused-ring (bicyclic) bond motifs is 8. The Labute approximate surface area is 251 Å². The molecule has 0 atom stereocenters. The maximum absolute atomic E-state index is 11.6. The molecule has 8 heteroatoms. The summed E-state index contributed by atoms with van der Waals surface area (Å²) in [5, 5.41) is 19.0. The minimum atomic E-state index is -0.868. The number of hydrogen-bond donors (Lipinski definition) is 4. The van der Waals surface area contributed by atoms with E-state index in [1.54, 1.807) is 0 Å². The Kier molecular flexibility index (Phi) is 8.14. The van der Waals surface area contributed by atoms with Crippen LogP contribution in [0.1, 0.15) is 104 Å². The number of carbonyl (C=O) groups is 2. The topological polar surface area (TPSA) is 132 Å². The molecule has 5 rings (SSSR count). The summed E-state index contributed by atoms with van der Waals surface area (Å²) in [6.45, 7) is 14.7. The third kappa shape index (κ3) is 5.42. The molecular weight excluding hydrogens is 540 g/mol. The van der Waals surface area contributed by atoms with Crippen LogP contribution in [0, 0.1) is 20.8 Å². The number of nitrogens with zero attached hydrogens (tertiary/aromatic N) is 2. The molecule has 43 heavy (non-hydrogen) atoms. The van der Waals surface area contributed by atoms with Crippen LogP contribution < -0.4 is 0 Å². The average Bonchev–Trinajstić information content (AvgIpc) is 3.63. The number of aromatic amines is 2. The molecular formula is C35H40N4O4. The Morgan fingerprint density at radius 3 is 1.81 bits per heavy atom. The average molecular weight is 581 g/mol. The zero-order chi connectivity index (χ0) is 31.2. The van der Waals surface area contributed by atoms with Gasteiger partial charge in [-0.25, -0.2) is 9.97 Å². The predicted molar refractivity (Wildman–Crippen MR) is 173 cm³/mol. The van der Waals surface area contributed by atoms with Crippen LogP contribution in [-0.2, 0) is 22.4 Å². The summed E-state index contributed by atoms with van der Waals surface area (Å²) in [4.78, 5) is 40.7. The summed E-state index contributed by atoms with van der Waals surface area (Å²) < 4.78 is 0. The number of aliphatic carboxylic acids is 2. The molecule has 0 fully saturated rings. The summed E-state index contributed by atoms with van der Waals surface area (Å²) in [6, 6.07) is 6.16. The van der Waals surface area contributed by atoms with Crippen molar-refractivity contribution in [1.82, 2.24) is 19.9 Å². The minimum Gasteiger partial charge on any atom is -0.481 e. The van der Waals surface area contributed by atoms with Gasteiger partial charge in [0.25, 0.3) is 0 Å². The van der Waals surface area contributed by atoms with E-state index in [2.05, 4.69) is 56.7 Å². The van der Waals surface area contributed by atoms with Gasteiger partial charge in [-0.05, 0) is 129 Å². The van der Waals surface area contributed by atoms with Crippen LogP contribution in [0.2, 0.25) is 0 Å². The molecule has 5 heterocycles. The quantitative estimate of drug-likeness (QED) is 0.214. The molecule has 8 bridgehead atoms. The van der Waals surface area contributed by atoms with Gasteiger partial charge >= 0.3 is 11.9 Å². The van der Waals surface area contributed by atoms with E-state index in [4.69, 9.17) is 9.97 Å². The molecule has 0 unspecified atom stereocenters. The molecule has 0 amide bonds. The number of H-pyrrole nitrogens is 2. The van der Waals surface area contributed by atoms with Crippen molar-refractivity contribution < 1.29 is 19.8 Å². The fourth-order valence-electron chi connectivity index (χ4n) is 6.57. The molecule has 0 spiro atoms. The molecule has 2 aliphatic heterocycles. The van der Waals surface area contributed by atoms with Crippen LogP contribution >= 0.6 is 0 Å². The van der Waals surface area contributed by atoms with Gasteiger partial charge in [-0.1, -0.05) is 13.8 Å². The van der Waals surface area contributed by atoms with Crippen molar-refractivity contribution in [3.05, 3.63) is 68.8 Å². The lowest BCUT2D eigenvalue weighted by Gasteiger charge is -2.05. The van der Waals surface area contributed by atoms with Crippen molar-refractivity contribution >= 4 is 56.3 Å². The van der Waals surface area contributed by atoms with Crippen LogP contribution in [0.25, 0.3) is 44.4 Å². The van der Waals surface area contributed by atoms with E-state index in [-0.39, 0.29) is 12.8 Å². The number of rotatable bonds is 8. The number of carboxylic acid groups (broad SMARTS) is 2. The highest BCUT2D eigenvalue weighted by molar-refractivity contribution is 5.97. The first-order valence-corrected chi connectivity index (χ1v) is 15.0. The van der Waals surface area contributed by atoms with E-state index in [1.807, 2.05) is 19.9 Å². The monoisotopic (exact) mass is 580 g/mol. The van der Waals surface area contributed by atoms with Crippen molar-refractivity contribution in [1.29, 1.82) is 0 Å². The van der Waals surface area contributed by atoms with Gasteiger partial charge in [-0.3, -0.25) is 9.59 Å². The normalized spacial score (nSPS) is 13.3. The second-order valence-corrected chi connectivity index (χ2v) is 11.6. The van der Waals surface area contributed by atoms with E-state index in [0.29, 0.717) is 24.2 Å². The first-order valence-electron chi connectivity index (χ1n) is 15.0. The van der Waals surface area contributed by atoms with Gasteiger partial charge in [0, 0.05) is 34.9 Å². The van der Waals surface area contributed by atoms with Gasteiger partial charge in [-0.2, -0.15) is 0 Å². The number of carboxylic acids is 2. The summed E-state index contributed by atoms with van der Waals surface area (Å²) in [5.74, 6) is -1.73. The Morgan fingerprint density at radius 1 is 0.651 bits per heavy atom. The Hall–Kier alpha value is -4.46. The van der Waals surface area contributed by atoms with E-state index in [9.17, 15) is 19.8 Å². The van der Waals surface area contributed by atoms with Crippen molar-refractivity contribution in [2.45, 2.75) is 87.0 Å². The van der Waals surface area contributed by atoms with Gasteiger partial charge in [0.2, 0.25) is 0 Å². The minimum absolute atomic E-state index is 0.0148. The third-order valence-corrected chi connectivity index (χ3v) is 9.06. The zero-order valence-corrected chi connectivity index (χ0v) is 26.1. The molecule has 2 aliphatic rings. The largest absolute Gasteiger partial charge is 0.481 e. The smallest absolute Gasteiger partial charge is 0.303 e. The van der Waals surface area contributed by atoms with Crippen LogP contribution in [0.4, 0.5) is 0 Å². The van der Waals surface area contributed by atoms with Gasteiger partial charge < -0.3 is 20.2 Å². The van der Waals surface area contributed by atoms with Crippen LogP contribution in [0.15, 0.2) is 18.2 Å². The molecule has 3 aromatic heterocycles. The molecule has 224 valence electrons. The van der Waals surface area contributed by atoms with Crippen molar-refractivity contribution in [2.75, 3.05) is 0 Å². The standard InChI is InChI=1S/C35H40N4O4/c1-8-22-17(3)26-14-27-19(5)24(10-12-32(40)41)30(37-27)16-31-25(11-13-33(42)43)20(6)34(39-31)21(7)35-23(9-2)18(4)28(38-35)15-29(22)36-26/h14-16,36,38H,8-13H2,1-7H3,(H,40,41)(H,42,43). The molecule has 8 nitrogen and oxygen atoms in total. The summed E-state index contributed by atoms with van der Waals surface area (Å²) in [7, 11) is 0. The Morgan fingerprint density at radius 2 is 1.21 bits per heavy atom. The number of allylic oxidation sites excluding steroid dienone is 4. The predicted octanol–water partition coefficient (Wildman–Crippen LogP) is 7.96. The maximum Gasteiger partial charge on any atom is 0.303 e. The van der Waals surface area contributed by atoms with Crippen LogP contribution in [0.5, 0.6) is 0 Å². The summed E-state index contributed by atoms with van der Waals surface area (Å²) in [5.41, 5.74) is 16.5. The second-order valence-electron chi connectivity index (χ2n) is 11.6. The molecule has 4 N–H and O–H groups in total. The highest BCUT2D eigenvalue weighted by Crippen LogP contribution is 2.39. The zero-order valence-electron chi connectivity index (χ0n) is 26.1. The first-order chi connectivity index (χ1) is 20.4. The molecule has 0 aliphatic carbocycles. The first kappa shape index (κ1) is 30.0. The lowest BCUT2D eigenvalue weighted by atomic mass is 9.97. The lowest BCUT2D eigenvalue weighted by molar-refractivity contribution is -0.137. The maximum atomic E-state index is 11.6. The summed E-state index contributed by atoms with van der Waals surface area (Å²) >= 11 is 0. The van der Waals surface area contributed by atoms with E-state index >= 15 is 0 Å². The fraction of sp³-hybridized carbons (Fsp3) is 0.371. The Balaban J connectivity index is 1.96. The number of hydrogen-bond acceptors (Lipinski definition) is 4. The van der Waals surface area contributed by atoms with Crippen molar-refractivity contribution in [3.63, 3.8) is 0 Å². The number of aromatic nitrogens is 4. The highest BCUT2D eigenvalue weighted by atomic mass is 16.4. The van der Waals surface area contributed by atoms with Crippen LogP contribution in [0.3, 0.4) is 0 Å².